The Morgan fingerprint density at radius 1 is 1.03 bits per heavy atom. The van der Waals surface area contributed by atoms with E-state index >= 15 is 0 Å². The van der Waals surface area contributed by atoms with E-state index < -0.39 is 5.91 Å². The molecule has 0 saturated carbocycles. The lowest BCUT2D eigenvalue weighted by Crippen LogP contribution is -2.37. The van der Waals surface area contributed by atoms with Crippen molar-refractivity contribution in [3.05, 3.63) is 95.1 Å². The Morgan fingerprint density at radius 2 is 1.76 bits per heavy atom. The molecule has 0 unspecified atom stereocenters. The number of carbonyl (C=O) groups is 2. The van der Waals surface area contributed by atoms with Gasteiger partial charge in [0.1, 0.15) is 12.4 Å². The van der Waals surface area contributed by atoms with Crippen LogP contribution in [-0.4, -0.2) is 29.1 Å². The molecule has 0 spiro atoms. The first-order chi connectivity index (χ1) is 16.0. The first-order valence-corrected chi connectivity index (χ1v) is 10.5. The van der Waals surface area contributed by atoms with Gasteiger partial charge in [-0.15, -0.1) is 0 Å². The summed E-state index contributed by atoms with van der Waals surface area (Å²) in [4.78, 5) is 26.8. The summed E-state index contributed by atoms with van der Waals surface area (Å²) < 4.78 is 16.1. The fourth-order valence-electron chi connectivity index (χ4n) is 4.41. The van der Waals surface area contributed by atoms with Crippen molar-refractivity contribution < 1.29 is 14.0 Å². The van der Waals surface area contributed by atoms with E-state index in [1.807, 2.05) is 50.2 Å². The largest absolute Gasteiger partial charge is 0.315 e. The molecule has 7 heteroatoms. The van der Waals surface area contributed by atoms with Crippen LogP contribution in [0.4, 0.5) is 10.1 Å². The quantitative estimate of drug-likeness (QED) is 0.367. The van der Waals surface area contributed by atoms with E-state index in [-0.39, 0.29) is 18.3 Å². The normalized spacial score (nSPS) is 12.8. The second kappa shape index (κ2) is 8.02. The highest BCUT2D eigenvalue weighted by Gasteiger charge is 2.30. The molecule has 3 aromatic carbocycles. The molecule has 164 valence electrons. The summed E-state index contributed by atoms with van der Waals surface area (Å²) in [5.41, 5.74) is 6.67. The number of anilines is 1. The fraction of sp³-hybridized carbons (Fsp3) is 0.115. The van der Waals surface area contributed by atoms with E-state index in [1.165, 1.54) is 17.2 Å². The van der Waals surface area contributed by atoms with Gasteiger partial charge in [-0.05, 0) is 49.6 Å². The molecule has 0 fully saturated rings. The van der Waals surface area contributed by atoms with Crippen LogP contribution in [0, 0.1) is 19.7 Å². The summed E-state index contributed by atoms with van der Waals surface area (Å²) in [6, 6.07) is 19.6. The highest BCUT2D eigenvalue weighted by molar-refractivity contribution is 6.26. The molecule has 2 heterocycles. The van der Waals surface area contributed by atoms with Gasteiger partial charge >= 0.3 is 0 Å². The van der Waals surface area contributed by atoms with E-state index in [2.05, 4.69) is 10.5 Å². The van der Waals surface area contributed by atoms with Crippen molar-refractivity contribution in [2.45, 2.75) is 13.8 Å². The van der Waals surface area contributed by atoms with Crippen LogP contribution in [-0.2, 0) is 4.79 Å². The van der Waals surface area contributed by atoms with Crippen molar-refractivity contribution in [2.24, 2.45) is 5.10 Å². The first-order valence-electron chi connectivity index (χ1n) is 10.5. The predicted molar refractivity (Wildman–Crippen MR) is 127 cm³/mol. The number of carbonyl (C=O) groups excluding carboxylic acids is 2. The van der Waals surface area contributed by atoms with E-state index in [1.54, 1.807) is 28.8 Å². The topological polar surface area (TPSA) is 66.7 Å². The first kappa shape index (κ1) is 20.6. The summed E-state index contributed by atoms with van der Waals surface area (Å²) in [5, 5.41) is 5.89. The maximum Gasteiger partial charge on any atom is 0.260 e. The van der Waals surface area contributed by atoms with Gasteiger partial charge in [-0.3, -0.25) is 14.5 Å². The number of benzene rings is 3. The maximum absolute atomic E-state index is 14.3. The van der Waals surface area contributed by atoms with Crippen LogP contribution in [0.2, 0.25) is 0 Å². The van der Waals surface area contributed by atoms with Gasteiger partial charge in [0.05, 0.1) is 17.6 Å². The van der Waals surface area contributed by atoms with Crippen molar-refractivity contribution in [3.8, 4) is 5.69 Å². The molecule has 2 amide bonds. The number of halogens is 1. The number of para-hydroxylation sites is 1. The number of nitrogens with zero attached hydrogens (tertiary/aromatic N) is 3. The third-order valence-corrected chi connectivity index (χ3v) is 5.91. The third-order valence-electron chi connectivity index (χ3n) is 5.91. The van der Waals surface area contributed by atoms with Gasteiger partial charge in [-0.25, -0.2) is 9.82 Å². The molecule has 0 radical (unpaired) electrons. The summed E-state index contributed by atoms with van der Waals surface area (Å²) >= 11 is 0. The second-order valence-corrected chi connectivity index (χ2v) is 7.98. The Hall–Kier alpha value is -4.26. The van der Waals surface area contributed by atoms with Crippen molar-refractivity contribution in [1.29, 1.82) is 0 Å². The number of nitrogens with one attached hydrogen (secondary N) is 1. The lowest BCUT2D eigenvalue weighted by Gasteiger charge is -2.16. The number of rotatable bonds is 5. The monoisotopic (exact) mass is 440 g/mol. The number of aryl methyl sites for hydroxylation is 1. The third kappa shape index (κ3) is 3.47. The van der Waals surface area contributed by atoms with Crippen LogP contribution in [0.25, 0.3) is 16.5 Å². The molecule has 6 nitrogen and oxygen atoms in total. The van der Waals surface area contributed by atoms with E-state index in [0.29, 0.717) is 11.3 Å². The molecular weight excluding hydrogens is 419 g/mol. The van der Waals surface area contributed by atoms with Gasteiger partial charge in [0.15, 0.2) is 0 Å². The minimum absolute atomic E-state index is 0.141. The zero-order valence-corrected chi connectivity index (χ0v) is 18.2. The fourth-order valence-corrected chi connectivity index (χ4v) is 4.41. The van der Waals surface area contributed by atoms with Crippen LogP contribution in [0.1, 0.15) is 27.3 Å². The minimum Gasteiger partial charge on any atom is -0.315 e. The Bertz CT molecular complexity index is 1450. The van der Waals surface area contributed by atoms with Crippen molar-refractivity contribution in [1.82, 2.24) is 9.99 Å². The summed E-state index contributed by atoms with van der Waals surface area (Å²) in [6.07, 6.45) is 1.53. The molecule has 5 rings (SSSR count). The van der Waals surface area contributed by atoms with Gasteiger partial charge < -0.3 is 4.57 Å². The zero-order valence-electron chi connectivity index (χ0n) is 18.2. The van der Waals surface area contributed by atoms with Crippen LogP contribution in [0.15, 0.2) is 71.8 Å². The lowest BCUT2D eigenvalue weighted by molar-refractivity contribution is -0.119. The van der Waals surface area contributed by atoms with Gasteiger partial charge in [0.2, 0.25) is 0 Å². The van der Waals surface area contributed by atoms with Gasteiger partial charge in [-0.1, -0.05) is 36.4 Å². The Labute approximate surface area is 189 Å². The predicted octanol–water partition coefficient (Wildman–Crippen LogP) is 4.50. The second-order valence-electron chi connectivity index (χ2n) is 7.98. The van der Waals surface area contributed by atoms with E-state index in [9.17, 15) is 14.0 Å². The smallest absolute Gasteiger partial charge is 0.260 e. The Balaban J connectivity index is 1.32. The summed E-state index contributed by atoms with van der Waals surface area (Å²) in [7, 11) is 0. The van der Waals surface area contributed by atoms with E-state index in [0.717, 1.165) is 33.4 Å². The van der Waals surface area contributed by atoms with Crippen molar-refractivity contribution in [2.75, 3.05) is 11.4 Å². The molecule has 0 bridgehead atoms. The summed E-state index contributed by atoms with van der Waals surface area (Å²) in [6.45, 7) is 3.61. The zero-order chi connectivity index (χ0) is 23.1. The van der Waals surface area contributed by atoms with Crippen LogP contribution >= 0.6 is 0 Å². The SMILES string of the molecule is Cc1cc(/C=N/NC(=O)CN2C(=O)c3cccc4cccc2c34)c(C)n1-c1ccccc1F. The lowest BCUT2D eigenvalue weighted by atomic mass is 10.1. The maximum atomic E-state index is 14.3. The van der Waals surface area contributed by atoms with Crippen LogP contribution in [0.5, 0.6) is 0 Å². The molecule has 1 aliphatic heterocycles. The highest BCUT2D eigenvalue weighted by atomic mass is 19.1. The van der Waals surface area contributed by atoms with Gasteiger partial charge in [0.25, 0.3) is 11.8 Å². The number of aromatic nitrogens is 1. The number of hydrogen-bond acceptors (Lipinski definition) is 3. The molecule has 0 aliphatic carbocycles. The van der Waals surface area contributed by atoms with Gasteiger partial charge in [-0.2, -0.15) is 5.10 Å². The average Bonchev–Trinajstić information content (AvgIpc) is 3.24. The molecule has 1 aromatic heterocycles. The van der Waals surface area contributed by atoms with Crippen molar-refractivity contribution in [3.63, 3.8) is 0 Å². The number of hydrogen-bond donors (Lipinski definition) is 1. The highest BCUT2D eigenvalue weighted by Crippen LogP contribution is 2.36. The number of amides is 2. The summed E-state index contributed by atoms with van der Waals surface area (Å²) in [5.74, 6) is -0.927. The molecule has 1 N–H and O–H groups in total. The van der Waals surface area contributed by atoms with E-state index in [4.69, 9.17) is 0 Å². The molecule has 33 heavy (non-hydrogen) atoms. The Morgan fingerprint density at radius 3 is 2.55 bits per heavy atom. The minimum atomic E-state index is -0.410. The van der Waals surface area contributed by atoms with Gasteiger partial charge in [0, 0.05) is 27.9 Å². The number of hydrazone groups is 1. The Kier molecular flexibility index (Phi) is 5.01. The standard InChI is InChI=1S/C26H21FN4O2/c1-16-13-19(17(2)31(16)22-11-4-3-10-21(22)27)14-28-29-24(32)15-30-23-12-6-8-18-7-5-9-20(25(18)23)26(30)33/h3-14H,15H2,1-2H3,(H,29,32)/b28-14+. The average molecular weight is 440 g/mol. The molecule has 1 aliphatic rings. The molecular formula is C26H21FN4O2. The van der Waals surface area contributed by atoms with Crippen molar-refractivity contribution >= 4 is 34.5 Å². The molecule has 4 aromatic rings. The van der Waals surface area contributed by atoms with Crippen LogP contribution in [0.3, 0.4) is 0 Å². The molecule has 0 atom stereocenters. The molecule has 0 saturated heterocycles. The van der Waals surface area contributed by atoms with Crippen LogP contribution < -0.4 is 10.3 Å².